The first kappa shape index (κ1) is 15.4. The van der Waals surface area contributed by atoms with E-state index in [0.29, 0.717) is 0 Å². The molecule has 1 aliphatic heterocycles. The van der Waals surface area contributed by atoms with Crippen LogP contribution in [0.15, 0.2) is 30.3 Å². The second kappa shape index (κ2) is 6.17. The van der Waals surface area contributed by atoms with Gasteiger partial charge in [-0.2, -0.15) is 0 Å². The number of rotatable bonds is 4. The third-order valence-electron chi connectivity index (χ3n) is 3.60. The fourth-order valence-electron chi connectivity index (χ4n) is 2.50. The first-order chi connectivity index (χ1) is 9.51. The van der Waals surface area contributed by atoms with Crippen LogP contribution in [-0.4, -0.2) is 64.3 Å². The lowest BCUT2D eigenvalue weighted by molar-refractivity contribution is -0.351. The topological polar surface area (TPSA) is 99.4 Å². The van der Waals surface area contributed by atoms with Gasteiger partial charge in [-0.25, -0.2) is 0 Å². The zero-order chi connectivity index (χ0) is 14.8. The van der Waals surface area contributed by atoms with Crippen molar-refractivity contribution in [2.45, 2.75) is 36.6 Å². The Kier molecular flexibility index (Phi) is 4.74. The molecule has 5 atom stereocenters. The standard InChI is InChI=1S/C14H20O6/c1-19-12-11(16)10(8-15)20-14(18,13(12)17)7-9-5-3-2-4-6-9/h2-6,10-13,15-18H,7-8H2,1H3/t10-,11-,12+,13-,14-/m1/s1. The summed E-state index contributed by atoms with van der Waals surface area (Å²) in [5.41, 5.74) is 0.761. The summed E-state index contributed by atoms with van der Waals surface area (Å²) in [7, 11) is 1.32. The summed E-state index contributed by atoms with van der Waals surface area (Å²) in [6.07, 6.45) is -4.66. The Balaban J connectivity index is 2.23. The van der Waals surface area contributed by atoms with E-state index in [0.717, 1.165) is 5.56 Å². The molecule has 0 bridgehead atoms. The molecular formula is C14H20O6. The smallest absolute Gasteiger partial charge is 0.199 e. The van der Waals surface area contributed by atoms with E-state index in [9.17, 15) is 20.4 Å². The van der Waals surface area contributed by atoms with Crippen molar-refractivity contribution in [3.05, 3.63) is 35.9 Å². The summed E-state index contributed by atoms with van der Waals surface area (Å²) in [5.74, 6) is -1.92. The van der Waals surface area contributed by atoms with Crippen molar-refractivity contribution in [3.63, 3.8) is 0 Å². The SMILES string of the molecule is CO[C@H]1[C@H](O)[C@@H](CO)O[C@](O)(Cc2ccccc2)[C@@H]1O. The number of benzene rings is 1. The van der Waals surface area contributed by atoms with Gasteiger partial charge in [0.1, 0.15) is 24.4 Å². The zero-order valence-electron chi connectivity index (χ0n) is 11.2. The van der Waals surface area contributed by atoms with Crippen LogP contribution < -0.4 is 0 Å². The summed E-state index contributed by atoms with van der Waals surface area (Å²) in [6.45, 7) is -0.481. The van der Waals surface area contributed by atoms with Gasteiger partial charge in [0.25, 0.3) is 0 Å². The zero-order valence-corrected chi connectivity index (χ0v) is 11.2. The minimum absolute atomic E-state index is 0.0259. The molecule has 1 aliphatic rings. The van der Waals surface area contributed by atoms with E-state index in [2.05, 4.69) is 0 Å². The molecule has 0 spiro atoms. The summed E-state index contributed by atoms with van der Waals surface area (Å²) in [4.78, 5) is 0. The van der Waals surface area contributed by atoms with Crippen LogP contribution >= 0.6 is 0 Å². The van der Waals surface area contributed by atoms with Crippen LogP contribution in [-0.2, 0) is 15.9 Å². The normalized spacial score (nSPS) is 37.9. The Morgan fingerprint density at radius 2 is 1.90 bits per heavy atom. The lowest BCUT2D eigenvalue weighted by Gasteiger charge is -2.46. The molecule has 112 valence electrons. The monoisotopic (exact) mass is 284 g/mol. The quantitative estimate of drug-likeness (QED) is 0.569. The average molecular weight is 284 g/mol. The summed E-state index contributed by atoms with van der Waals surface area (Å²) in [6, 6.07) is 9.02. The van der Waals surface area contributed by atoms with Crippen LogP contribution in [0, 0.1) is 0 Å². The van der Waals surface area contributed by atoms with Crippen LogP contribution in [0.1, 0.15) is 5.56 Å². The van der Waals surface area contributed by atoms with Gasteiger partial charge in [0.05, 0.1) is 6.61 Å². The lowest BCUT2D eigenvalue weighted by Crippen LogP contribution is -2.66. The molecule has 0 aliphatic carbocycles. The molecule has 0 unspecified atom stereocenters. The van der Waals surface area contributed by atoms with Crippen molar-refractivity contribution in [1.29, 1.82) is 0 Å². The molecule has 1 saturated heterocycles. The largest absolute Gasteiger partial charge is 0.394 e. The number of hydrogen-bond donors (Lipinski definition) is 4. The molecule has 4 N–H and O–H groups in total. The molecule has 6 heteroatoms. The van der Waals surface area contributed by atoms with E-state index in [-0.39, 0.29) is 6.42 Å². The van der Waals surface area contributed by atoms with Gasteiger partial charge >= 0.3 is 0 Å². The van der Waals surface area contributed by atoms with Crippen molar-refractivity contribution in [2.75, 3.05) is 13.7 Å². The highest BCUT2D eigenvalue weighted by atomic mass is 16.7. The van der Waals surface area contributed by atoms with Gasteiger partial charge in [0, 0.05) is 13.5 Å². The summed E-state index contributed by atoms with van der Waals surface area (Å²) in [5, 5.41) is 39.9. The van der Waals surface area contributed by atoms with Gasteiger partial charge in [0.2, 0.25) is 0 Å². The summed E-state index contributed by atoms with van der Waals surface area (Å²) < 4.78 is 10.3. The number of hydrogen-bond acceptors (Lipinski definition) is 6. The Morgan fingerprint density at radius 3 is 2.45 bits per heavy atom. The number of aliphatic hydroxyl groups excluding tert-OH is 3. The molecular weight excluding hydrogens is 264 g/mol. The van der Waals surface area contributed by atoms with Crippen molar-refractivity contribution < 1.29 is 29.9 Å². The minimum Gasteiger partial charge on any atom is -0.394 e. The first-order valence-electron chi connectivity index (χ1n) is 6.45. The molecule has 1 heterocycles. The van der Waals surface area contributed by atoms with Gasteiger partial charge in [-0.15, -0.1) is 0 Å². The molecule has 0 saturated carbocycles. The molecule has 0 amide bonds. The first-order valence-corrected chi connectivity index (χ1v) is 6.45. The van der Waals surface area contributed by atoms with Gasteiger partial charge in [-0.1, -0.05) is 30.3 Å². The molecule has 6 nitrogen and oxygen atoms in total. The maximum Gasteiger partial charge on any atom is 0.199 e. The fraction of sp³-hybridized carbons (Fsp3) is 0.571. The highest BCUT2D eigenvalue weighted by Crippen LogP contribution is 2.32. The van der Waals surface area contributed by atoms with Gasteiger partial charge < -0.3 is 29.9 Å². The van der Waals surface area contributed by atoms with E-state index >= 15 is 0 Å². The Labute approximate surface area is 117 Å². The molecule has 0 aromatic heterocycles. The Bertz CT molecular complexity index is 425. The van der Waals surface area contributed by atoms with Crippen LogP contribution in [0.5, 0.6) is 0 Å². The maximum absolute atomic E-state index is 10.5. The van der Waals surface area contributed by atoms with Crippen molar-refractivity contribution in [3.8, 4) is 0 Å². The molecule has 1 aromatic carbocycles. The van der Waals surface area contributed by atoms with Crippen LogP contribution in [0.4, 0.5) is 0 Å². The predicted octanol–water partition coefficient (Wildman–Crippen LogP) is -0.954. The Hall–Kier alpha value is -1.02. The third kappa shape index (κ3) is 2.85. The molecule has 1 aromatic rings. The second-order valence-electron chi connectivity index (χ2n) is 4.98. The van der Waals surface area contributed by atoms with Crippen molar-refractivity contribution in [1.82, 2.24) is 0 Å². The van der Waals surface area contributed by atoms with Crippen molar-refractivity contribution >= 4 is 0 Å². The molecule has 2 rings (SSSR count). The lowest BCUT2D eigenvalue weighted by atomic mass is 9.88. The molecule has 20 heavy (non-hydrogen) atoms. The highest BCUT2D eigenvalue weighted by molar-refractivity contribution is 5.17. The van der Waals surface area contributed by atoms with E-state index in [1.165, 1.54) is 7.11 Å². The van der Waals surface area contributed by atoms with Gasteiger partial charge in [-0.3, -0.25) is 0 Å². The number of methoxy groups -OCH3 is 1. The second-order valence-corrected chi connectivity index (χ2v) is 4.98. The predicted molar refractivity (Wildman–Crippen MR) is 69.9 cm³/mol. The maximum atomic E-state index is 10.5. The van der Waals surface area contributed by atoms with E-state index in [1.807, 2.05) is 6.07 Å². The van der Waals surface area contributed by atoms with Crippen LogP contribution in [0.3, 0.4) is 0 Å². The van der Waals surface area contributed by atoms with E-state index < -0.39 is 36.8 Å². The average Bonchev–Trinajstić information content (AvgIpc) is 2.45. The van der Waals surface area contributed by atoms with Crippen LogP contribution in [0.2, 0.25) is 0 Å². The van der Waals surface area contributed by atoms with E-state index in [1.54, 1.807) is 24.3 Å². The molecule has 0 radical (unpaired) electrons. The number of ether oxygens (including phenoxy) is 2. The Morgan fingerprint density at radius 1 is 1.25 bits per heavy atom. The van der Waals surface area contributed by atoms with E-state index in [4.69, 9.17) is 9.47 Å². The molecule has 1 fully saturated rings. The van der Waals surface area contributed by atoms with Crippen LogP contribution in [0.25, 0.3) is 0 Å². The highest BCUT2D eigenvalue weighted by Gasteiger charge is 2.53. The number of aliphatic hydroxyl groups is 4. The third-order valence-corrected chi connectivity index (χ3v) is 3.60. The van der Waals surface area contributed by atoms with Gasteiger partial charge in [0.15, 0.2) is 5.79 Å². The fourth-order valence-corrected chi connectivity index (χ4v) is 2.50. The minimum atomic E-state index is -1.92. The van der Waals surface area contributed by atoms with Crippen molar-refractivity contribution in [2.24, 2.45) is 0 Å². The summed E-state index contributed by atoms with van der Waals surface area (Å²) >= 11 is 0. The van der Waals surface area contributed by atoms with Gasteiger partial charge in [-0.05, 0) is 5.56 Å².